The molecule has 0 bridgehead atoms. The van der Waals surface area contributed by atoms with Crippen molar-refractivity contribution in [2.45, 2.75) is 45.2 Å². The molecule has 1 radical (unpaired) electrons. The summed E-state index contributed by atoms with van der Waals surface area (Å²) in [4.78, 5) is 12.3. The molecule has 0 aromatic heterocycles. The van der Waals surface area contributed by atoms with E-state index < -0.39 is 0 Å². The molecular formula is C14H19LiOP. The Labute approximate surface area is 118 Å². The molecule has 0 aliphatic heterocycles. The van der Waals surface area contributed by atoms with Crippen LogP contribution < -0.4 is 0 Å². The Bertz CT molecular complexity index is 377. The maximum atomic E-state index is 12.3. The molecule has 1 aromatic carbocycles. The fourth-order valence-corrected chi connectivity index (χ4v) is 4.11. The third kappa shape index (κ3) is 3.69. The summed E-state index contributed by atoms with van der Waals surface area (Å²) in [6.07, 6.45) is 5.15. The molecule has 1 aliphatic rings. The van der Waals surface area contributed by atoms with Crippen molar-refractivity contribution >= 4 is 33.0 Å². The predicted octanol–water partition coefficient (Wildman–Crippen LogP) is 3.68. The zero-order chi connectivity index (χ0) is 11.5. The second kappa shape index (κ2) is 6.74. The van der Waals surface area contributed by atoms with E-state index in [1.54, 1.807) is 0 Å². The third-order valence-electron chi connectivity index (χ3n) is 3.40. The van der Waals surface area contributed by atoms with E-state index in [0.717, 1.165) is 16.7 Å². The number of benzene rings is 1. The summed E-state index contributed by atoms with van der Waals surface area (Å²) in [6, 6.07) is 6.11. The maximum absolute atomic E-state index is 12.3. The van der Waals surface area contributed by atoms with E-state index in [0.29, 0.717) is 19.8 Å². The van der Waals surface area contributed by atoms with Gasteiger partial charge in [0.15, 0.2) is 5.52 Å². The van der Waals surface area contributed by atoms with Gasteiger partial charge in [0.1, 0.15) is 0 Å². The predicted molar refractivity (Wildman–Crippen MR) is 76.6 cm³/mol. The molecule has 1 unspecified atom stereocenters. The molecular weight excluding hydrogens is 222 g/mol. The molecule has 1 aliphatic carbocycles. The van der Waals surface area contributed by atoms with Crippen LogP contribution in [-0.2, 0) is 0 Å². The van der Waals surface area contributed by atoms with Crippen molar-refractivity contribution in [3.05, 3.63) is 34.9 Å². The van der Waals surface area contributed by atoms with Crippen LogP contribution >= 0.6 is 8.58 Å². The molecule has 0 N–H and O–H groups in total. The van der Waals surface area contributed by atoms with Gasteiger partial charge in [0.05, 0.1) is 0 Å². The standard InChI is InChI=1S/C14H19OP.Li/c1-10-6-5-7-11(2)13(10)14(15)16-12-8-3-4-9-12;/h5-7,12,16H,3-4,8-9H2,1-2H3;. The van der Waals surface area contributed by atoms with Crippen molar-refractivity contribution in [1.29, 1.82) is 0 Å². The summed E-state index contributed by atoms with van der Waals surface area (Å²) < 4.78 is 0. The van der Waals surface area contributed by atoms with Crippen LogP contribution in [0.5, 0.6) is 0 Å². The van der Waals surface area contributed by atoms with Gasteiger partial charge in [0.25, 0.3) is 0 Å². The molecule has 0 amide bonds. The van der Waals surface area contributed by atoms with Crippen molar-refractivity contribution in [1.82, 2.24) is 0 Å². The van der Waals surface area contributed by atoms with Gasteiger partial charge in [-0.05, 0) is 52.1 Å². The van der Waals surface area contributed by atoms with Gasteiger partial charge >= 0.3 is 0 Å². The quantitative estimate of drug-likeness (QED) is 0.582. The summed E-state index contributed by atoms with van der Waals surface area (Å²) in [5.41, 5.74) is 4.30. The number of hydrogen-bond acceptors (Lipinski definition) is 1. The van der Waals surface area contributed by atoms with Gasteiger partial charge in [-0.2, -0.15) is 0 Å². The van der Waals surface area contributed by atoms with E-state index in [2.05, 4.69) is 0 Å². The number of aryl methyl sites for hydroxylation is 2. The van der Waals surface area contributed by atoms with Crippen molar-refractivity contribution < 1.29 is 4.79 Å². The van der Waals surface area contributed by atoms with Gasteiger partial charge in [0.2, 0.25) is 0 Å². The Morgan fingerprint density at radius 2 is 1.71 bits per heavy atom. The Hall–Kier alpha value is -0.0826. The van der Waals surface area contributed by atoms with Gasteiger partial charge in [-0.15, -0.1) is 0 Å². The van der Waals surface area contributed by atoms with Gasteiger partial charge in [-0.1, -0.05) is 31.0 Å². The van der Waals surface area contributed by atoms with Crippen LogP contribution in [-0.4, -0.2) is 30.0 Å². The smallest absolute Gasteiger partial charge is 0.181 e. The minimum atomic E-state index is 0. The number of hydrogen-bond donors (Lipinski definition) is 0. The maximum Gasteiger partial charge on any atom is 0.181 e. The monoisotopic (exact) mass is 241 g/mol. The van der Waals surface area contributed by atoms with E-state index in [1.807, 2.05) is 32.0 Å². The molecule has 1 nitrogen and oxygen atoms in total. The summed E-state index contributed by atoms with van der Waals surface area (Å²) in [5.74, 6) is 0. The summed E-state index contributed by atoms with van der Waals surface area (Å²) in [5, 5.41) is 0. The van der Waals surface area contributed by atoms with Crippen LogP contribution in [0.3, 0.4) is 0 Å². The SMILES string of the molecule is Cc1cccc(C)c1C(=O)PC1CCCC1.[Li]. The second-order valence-electron chi connectivity index (χ2n) is 4.72. The average Bonchev–Trinajstić information content (AvgIpc) is 2.70. The van der Waals surface area contributed by atoms with Gasteiger partial charge in [-0.3, -0.25) is 4.79 Å². The summed E-state index contributed by atoms with van der Waals surface area (Å²) in [7, 11) is 0.491. The van der Waals surface area contributed by atoms with E-state index >= 15 is 0 Å². The molecule has 1 aromatic rings. The fourth-order valence-electron chi connectivity index (χ4n) is 2.50. The topological polar surface area (TPSA) is 17.1 Å². The van der Waals surface area contributed by atoms with Crippen molar-refractivity contribution in [2.75, 3.05) is 0 Å². The molecule has 1 fully saturated rings. The Morgan fingerprint density at radius 1 is 1.18 bits per heavy atom. The molecule has 3 heteroatoms. The molecule has 2 rings (SSSR count). The average molecular weight is 241 g/mol. The Kier molecular flexibility index (Phi) is 5.94. The number of carbonyl (C=O) groups is 1. The minimum Gasteiger partial charge on any atom is -0.289 e. The summed E-state index contributed by atoms with van der Waals surface area (Å²) >= 11 is 0. The Balaban J connectivity index is 0.00000144. The first-order chi connectivity index (χ1) is 7.68. The third-order valence-corrected chi connectivity index (χ3v) is 4.90. The molecule has 0 spiro atoms. The van der Waals surface area contributed by atoms with Crippen LogP contribution in [0.2, 0.25) is 0 Å². The van der Waals surface area contributed by atoms with E-state index in [4.69, 9.17) is 0 Å². The van der Waals surface area contributed by atoms with Gasteiger partial charge < -0.3 is 0 Å². The zero-order valence-electron chi connectivity index (χ0n) is 11.0. The fraction of sp³-hybridized carbons (Fsp3) is 0.500. The number of rotatable bonds is 3. The van der Waals surface area contributed by atoms with Crippen molar-refractivity contribution in [2.24, 2.45) is 0 Å². The van der Waals surface area contributed by atoms with Gasteiger partial charge in [0, 0.05) is 24.4 Å². The normalized spacial score (nSPS) is 16.4. The largest absolute Gasteiger partial charge is 0.289 e. The van der Waals surface area contributed by atoms with E-state index in [9.17, 15) is 4.79 Å². The van der Waals surface area contributed by atoms with Crippen LogP contribution in [0, 0.1) is 13.8 Å². The molecule has 87 valence electrons. The second-order valence-corrected chi connectivity index (χ2v) is 6.28. The van der Waals surface area contributed by atoms with Crippen molar-refractivity contribution in [3.63, 3.8) is 0 Å². The van der Waals surface area contributed by atoms with Crippen molar-refractivity contribution in [3.8, 4) is 0 Å². The van der Waals surface area contributed by atoms with Crippen LogP contribution in [0.4, 0.5) is 0 Å². The molecule has 17 heavy (non-hydrogen) atoms. The first-order valence-corrected chi connectivity index (χ1v) is 7.13. The van der Waals surface area contributed by atoms with E-state index in [-0.39, 0.29) is 18.9 Å². The molecule has 0 heterocycles. The zero-order valence-corrected chi connectivity index (χ0v) is 12.0. The molecule has 0 saturated heterocycles. The minimum absolute atomic E-state index is 0. The van der Waals surface area contributed by atoms with E-state index in [1.165, 1.54) is 25.7 Å². The van der Waals surface area contributed by atoms with Crippen LogP contribution in [0.1, 0.15) is 47.2 Å². The van der Waals surface area contributed by atoms with Gasteiger partial charge in [-0.25, -0.2) is 0 Å². The molecule has 1 atom stereocenters. The Morgan fingerprint density at radius 3 is 2.24 bits per heavy atom. The first kappa shape index (κ1) is 15.0. The van der Waals surface area contributed by atoms with Crippen LogP contribution in [0.15, 0.2) is 18.2 Å². The first-order valence-electron chi connectivity index (χ1n) is 6.05. The molecule has 1 saturated carbocycles. The number of carbonyl (C=O) groups excluding carboxylic acids is 1. The van der Waals surface area contributed by atoms with Crippen LogP contribution in [0.25, 0.3) is 0 Å². The summed E-state index contributed by atoms with van der Waals surface area (Å²) in [6.45, 7) is 4.08.